The zero-order chi connectivity index (χ0) is 13.0. The van der Waals surface area contributed by atoms with Crippen molar-refractivity contribution in [3.63, 3.8) is 0 Å². The summed E-state index contributed by atoms with van der Waals surface area (Å²) in [6.45, 7) is 3.66. The van der Waals surface area contributed by atoms with Gasteiger partial charge in [-0.15, -0.1) is 0 Å². The summed E-state index contributed by atoms with van der Waals surface area (Å²) in [7, 11) is 0. The summed E-state index contributed by atoms with van der Waals surface area (Å²) in [5.74, 6) is -0.551. The molecule has 0 aromatic heterocycles. The van der Waals surface area contributed by atoms with Gasteiger partial charge in [-0.2, -0.15) is 0 Å². The van der Waals surface area contributed by atoms with Crippen LogP contribution in [-0.4, -0.2) is 22.7 Å². The zero-order valence-electron chi connectivity index (χ0n) is 9.68. The van der Waals surface area contributed by atoms with Crippen LogP contribution < -0.4 is 5.32 Å². The van der Waals surface area contributed by atoms with E-state index in [-0.39, 0.29) is 24.3 Å². The van der Waals surface area contributed by atoms with Gasteiger partial charge in [-0.1, -0.05) is 13.8 Å². The second-order valence-corrected chi connectivity index (χ2v) is 4.13. The molecule has 0 heterocycles. The first-order chi connectivity index (χ1) is 7.93. The summed E-state index contributed by atoms with van der Waals surface area (Å²) in [5, 5.41) is 22.5. The molecule has 1 unspecified atom stereocenters. The molecule has 0 spiro atoms. The first-order valence-corrected chi connectivity index (χ1v) is 5.26. The van der Waals surface area contributed by atoms with Crippen molar-refractivity contribution in [3.8, 4) is 0 Å². The summed E-state index contributed by atoms with van der Waals surface area (Å²) in [6, 6.07) is 3.00. The van der Waals surface area contributed by atoms with Crippen LogP contribution in [0.2, 0.25) is 0 Å². The molecule has 17 heavy (non-hydrogen) atoms. The van der Waals surface area contributed by atoms with E-state index in [1.165, 1.54) is 6.07 Å². The first-order valence-electron chi connectivity index (χ1n) is 5.26. The smallest absolute Gasteiger partial charge is 0.274 e. The van der Waals surface area contributed by atoms with Crippen LogP contribution in [0.3, 0.4) is 0 Å². The zero-order valence-corrected chi connectivity index (χ0v) is 9.68. The Morgan fingerprint density at radius 3 is 2.59 bits per heavy atom. The minimum atomic E-state index is -0.679. The Bertz CT molecular complexity index is 410. The highest BCUT2D eigenvalue weighted by Crippen LogP contribution is 2.21. The molecule has 0 saturated heterocycles. The highest BCUT2D eigenvalue weighted by atomic mass is 19.1. The van der Waals surface area contributed by atoms with Crippen molar-refractivity contribution in [2.45, 2.75) is 19.9 Å². The van der Waals surface area contributed by atoms with Crippen molar-refractivity contribution in [2.24, 2.45) is 5.92 Å². The predicted molar refractivity (Wildman–Crippen MR) is 62.4 cm³/mol. The third-order valence-electron chi connectivity index (χ3n) is 2.45. The van der Waals surface area contributed by atoms with E-state index in [9.17, 15) is 14.5 Å². The summed E-state index contributed by atoms with van der Waals surface area (Å²) in [4.78, 5) is 9.90. The third kappa shape index (κ3) is 3.67. The van der Waals surface area contributed by atoms with Crippen molar-refractivity contribution in [1.29, 1.82) is 0 Å². The van der Waals surface area contributed by atoms with Crippen LogP contribution in [0.1, 0.15) is 13.8 Å². The molecule has 0 amide bonds. The Morgan fingerprint density at radius 2 is 2.12 bits per heavy atom. The van der Waals surface area contributed by atoms with Crippen LogP contribution in [0.4, 0.5) is 15.8 Å². The summed E-state index contributed by atoms with van der Waals surface area (Å²) in [6.07, 6.45) is 0. The molecule has 0 saturated carbocycles. The van der Waals surface area contributed by atoms with Crippen molar-refractivity contribution in [1.82, 2.24) is 0 Å². The number of halogens is 1. The molecule has 0 bridgehead atoms. The molecule has 6 heteroatoms. The number of aliphatic hydroxyl groups excluding tert-OH is 1. The molecule has 5 nitrogen and oxygen atoms in total. The molecule has 2 N–H and O–H groups in total. The molecule has 0 aliphatic heterocycles. The molecule has 0 aliphatic rings. The van der Waals surface area contributed by atoms with E-state index in [4.69, 9.17) is 5.11 Å². The molecular formula is C11H15FN2O3. The topological polar surface area (TPSA) is 75.4 Å². The molecule has 1 atom stereocenters. The number of nitro groups is 1. The Morgan fingerprint density at radius 1 is 1.47 bits per heavy atom. The minimum absolute atomic E-state index is 0.123. The number of hydrogen-bond donors (Lipinski definition) is 2. The summed E-state index contributed by atoms with van der Waals surface area (Å²) >= 11 is 0. The summed E-state index contributed by atoms with van der Waals surface area (Å²) < 4.78 is 13.1. The number of aliphatic hydroxyl groups is 1. The molecule has 94 valence electrons. The van der Waals surface area contributed by atoms with E-state index in [0.29, 0.717) is 5.69 Å². The monoisotopic (exact) mass is 242 g/mol. The standard InChI is InChI=1S/C11H15FN2O3/c1-7(2)11(6-15)13-9-3-8(12)4-10(5-9)14(16)17/h3-5,7,11,13,15H,6H2,1-2H3. The second-order valence-electron chi connectivity index (χ2n) is 4.13. The average molecular weight is 242 g/mol. The Kier molecular flexibility index (Phi) is 4.39. The van der Waals surface area contributed by atoms with Gasteiger partial charge in [-0.25, -0.2) is 4.39 Å². The highest BCUT2D eigenvalue weighted by molar-refractivity contribution is 5.52. The van der Waals surface area contributed by atoms with Crippen LogP contribution in [0.5, 0.6) is 0 Å². The number of anilines is 1. The van der Waals surface area contributed by atoms with Crippen LogP contribution in [0.15, 0.2) is 18.2 Å². The SMILES string of the molecule is CC(C)C(CO)Nc1cc(F)cc([N+](=O)[O-])c1. The molecule has 0 radical (unpaired) electrons. The lowest BCUT2D eigenvalue weighted by atomic mass is 10.1. The Hall–Kier alpha value is -1.69. The number of hydrogen-bond acceptors (Lipinski definition) is 4. The molecule has 0 fully saturated rings. The van der Waals surface area contributed by atoms with Crippen molar-refractivity contribution >= 4 is 11.4 Å². The van der Waals surface area contributed by atoms with Gasteiger partial charge >= 0.3 is 0 Å². The molecule has 1 rings (SSSR count). The number of non-ortho nitro benzene ring substituents is 1. The number of nitrogens with one attached hydrogen (secondary N) is 1. The van der Waals surface area contributed by atoms with E-state index < -0.39 is 10.7 Å². The second kappa shape index (κ2) is 5.58. The van der Waals surface area contributed by atoms with Crippen molar-refractivity contribution in [2.75, 3.05) is 11.9 Å². The predicted octanol–water partition coefficient (Wildman–Crippen LogP) is 2.16. The Labute approximate surface area is 98.4 Å². The first kappa shape index (κ1) is 13.4. The van der Waals surface area contributed by atoms with Gasteiger partial charge in [-0.3, -0.25) is 10.1 Å². The minimum Gasteiger partial charge on any atom is -0.394 e. The maximum Gasteiger partial charge on any atom is 0.274 e. The van der Waals surface area contributed by atoms with Gasteiger partial charge in [0.25, 0.3) is 5.69 Å². The maximum absolute atomic E-state index is 13.1. The number of nitrogens with zero attached hydrogens (tertiary/aromatic N) is 1. The molecule has 1 aromatic rings. The van der Waals surface area contributed by atoms with E-state index in [2.05, 4.69) is 5.32 Å². The number of nitro benzene ring substituents is 1. The van der Waals surface area contributed by atoms with Gasteiger partial charge in [-0.05, 0) is 12.0 Å². The lowest BCUT2D eigenvalue weighted by molar-refractivity contribution is -0.385. The van der Waals surface area contributed by atoms with Crippen LogP contribution >= 0.6 is 0 Å². The normalized spacial score (nSPS) is 12.5. The fourth-order valence-electron chi connectivity index (χ4n) is 1.40. The van der Waals surface area contributed by atoms with Gasteiger partial charge in [0.2, 0.25) is 0 Å². The number of rotatable bonds is 5. The van der Waals surface area contributed by atoms with E-state index in [1.807, 2.05) is 13.8 Å². The van der Waals surface area contributed by atoms with Crippen LogP contribution in [0.25, 0.3) is 0 Å². The largest absolute Gasteiger partial charge is 0.394 e. The summed E-state index contributed by atoms with van der Waals surface area (Å²) in [5.41, 5.74) is -0.0163. The van der Waals surface area contributed by atoms with Gasteiger partial charge in [0.05, 0.1) is 23.6 Å². The maximum atomic E-state index is 13.1. The van der Waals surface area contributed by atoms with Crippen molar-refractivity contribution in [3.05, 3.63) is 34.1 Å². The van der Waals surface area contributed by atoms with Gasteiger partial charge in [0.1, 0.15) is 5.82 Å². The average Bonchev–Trinajstić information content (AvgIpc) is 2.24. The van der Waals surface area contributed by atoms with Gasteiger partial charge in [0.15, 0.2) is 0 Å². The van der Waals surface area contributed by atoms with E-state index in [0.717, 1.165) is 12.1 Å². The fraction of sp³-hybridized carbons (Fsp3) is 0.455. The lowest BCUT2D eigenvalue weighted by Gasteiger charge is -2.21. The highest BCUT2D eigenvalue weighted by Gasteiger charge is 2.15. The molecular weight excluding hydrogens is 227 g/mol. The molecule has 0 aliphatic carbocycles. The number of benzene rings is 1. The van der Waals surface area contributed by atoms with Gasteiger partial charge in [0, 0.05) is 11.8 Å². The fourth-order valence-corrected chi connectivity index (χ4v) is 1.40. The molecule has 1 aromatic carbocycles. The lowest BCUT2D eigenvalue weighted by Crippen LogP contribution is -2.29. The quantitative estimate of drug-likeness (QED) is 0.612. The van der Waals surface area contributed by atoms with Crippen molar-refractivity contribution < 1.29 is 14.4 Å². The van der Waals surface area contributed by atoms with E-state index >= 15 is 0 Å². The van der Waals surface area contributed by atoms with Crippen LogP contribution in [0, 0.1) is 21.8 Å². The van der Waals surface area contributed by atoms with Crippen LogP contribution in [-0.2, 0) is 0 Å². The third-order valence-corrected chi connectivity index (χ3v) is 2.45. The van der Waals surface area contributed by atoms with E-state index in [1.54, 1.807) is 0 Å². The van der Waals surface area contributed by atoms with Gasteiger partial charge < -0.3 is 10.4 Å². The Balaban J connectivity index is 2.94.